The highest BCUT2D eigenvalue weighted by molar-refractivity contribution is 5.92. The lowest BCUT2D eigenvalue weighted by atomic mass is 10.2. The average Bonchev–Trinajstić information content (AvgIpc) is 3.01. The number of rotatable bonds is 6. The molecule has 2 N–H and O–H groups in total. The van der Waals surface area contributed by atoms with Crippen molar-refractivity contribution >= 4 is 5.91 Å². The Labute approximate surface area is 117 Å². The highest BCUT2D eigenvalue weighted by Gasteiger charge is 2.09. The van der Waals surface area contributed by atoms with E-state index >= 15 is 0 Å². The molecule has 20 heavy (non-hydrogen) atoms. The first-order valence-corrected chi connectivity index (χ1v) is 6.63. The number of nitrogens with zero attached hydrogens (tertiary/aromatic N) is 3. The number of aliphatic hydroxyl groups is 1. The molecule has 0 aromatic carbocycles. The number of hydrogen-bond donors (Lipinski definition) is 2. The van der Waals surface area contributed by atoms with Gasteiger partial charge in [-0.05, 0) is 31.0 Å². The topological polar surface area (TPSA) is 80.0 Å². The Morgan fingerprint density at radius 2 is 2.35 bits per heavy atom. The van der Waals surface area contributed by atoms with E-state index in [4.69, 9.17) is 0 Å². The van der Waals surface area contributed by atoms with Crippen LogP contribution in [-0.2, 0) is 0 Å². The van der Waals surface area contributed by atoms with Gasteiger partial charge in [0, 0.05) is 25.1 Å². The second kappa shape index (κ2) is 6.81. The SMILES string of the molecule is CCC(O)CCNC(=O)c1cc(-n2cccn2)ccn1. The fourth-order valence-corrected chi connectivity index (χ4v) is 1.75. The summed E-state index contributed by atoms with van der Waals surface area (Å²) >= 11 is 0. The minimum absolute atomic E-state index is 0.248. The van der Waals surface area contributed by atoms with Crippen LogP contribution >= 0.6 is 0 Å². The zero-order valence-corrected chi connectivity index (χ0v) is 11.4. The molecule has 1 amide bonds. The van der Waals surface area contributed by atoms with Gasteiger partial charge in [0.05, 0.1) is 11.8 Å². The van der Waals surface area contributed by atoms with E-state index in [0.29, 0.717) is 25.1 Å². The van der Waals surface area contributed by atoms with E-state index in [0.717, 1.165) is 5.69 Å². The average molecular weight is 274 g/mol. The van der Waals surface area contributed by atoms with E-state index < -0.39 is 0 Å². The smallest absolute Gasteiger partial charge is 0.269 e. The second-order valence-corrected chi connectivity index (χ2v) is 4.46. The highest BCUT2D eigenvalue weighted by Crippen LogP contribution is 2.07. The monoisotopic (exact) mass is 274 g/mol. The molecule has 6 nitrogen and oxygen atoms in total. The standard InChI is InChI=1S/C14H18N4O2/c1-2-12(19)5-8-16-14(20)13-10-11(4-7-15-13)18-9-3-6-17-18/h3-4,6-7,9-10,12,19H,2,5,8H2,1H3,(H,16,20). The summed E-state index contributed by atoms with van der Waals surface area (Å²) in [5.41, 5.74) is 1.12. The van der Waals surface area contributed by atoms with Crippen LogP contribution in [0.2, 0.25) is 0 Å². The van der Waals surface area contributed by atoms with Crippen LogP contribution in [0.25, 0.3) is 5.69 Å². The molecule has 2 heterocycles. The third-order valence-electron chi connectivity index (χ3n) is 2.98. The maximum absolute atomic E-state index is 12.0. The molecule has 0 aliphatic heterocycles. The summed E-state index contributed by atoms with van der Waals surface area (Å²) in [5, 5.41) is 16.3. The van der Waals surface area contributed by atoms with Crippen molar-refractivity contribution in [3.8, 4) is 5.69 Å². The Balaban J connectivity index is 1.98. The Kier molecular flexibility index (Phi) is 4.84. The van der Waals surface area contributed by atoms with Gasteiger partial charge in [-0.2, -0.15) is 5.10 Å². The Morgan fingerprint density at radius 3 is 3.05 bits per heavy atom. The summed E-state index contributed by atoms with van der Waals surface area (Å²) in [4.78, 5) is 16.0. The van der Waals surface area contributed by atoms with Crippen LogP contribution in [0.3, 0.4) is 0 Å². The Hall–Kier alpha value is -2.21. The van der Waals surface area contributed by atoms with Crippen molar-refractivity contribution < 1.29 is 9.90 Å². The first kappa shape index (κ1) is 14.2. The number of carbonyl (C=O) groups is 1. The largest absolute Gasteiger partial charge is 0.393 e. The van der Waals surface area contributed by atoms with Gasteiger partial charge in [-0.25, -0.2) is 4.68 Å². The molecule has 6 heteroatoms. The molecule has 0 bridgehead atoms. The number of pyridine rings is 1. The fraction of sp³-hybridized carbons (Fsp3) is 0.357. The molecule has 0 spiro atoms. The molecule has 0 saturated heterocycles. The predicted molar refractivity (Wildman–Crippen MR) is 74.6 cm³/mol. The van der Waals surface area contributed by atoms with E-state index in [9.17, 15) is 9.90 Å². The van der Waals surface area contributed by atoms with Gasteiger partial charge >= 0.3 is 0 Å². The number of nitrogens with one attached hydrogen (secondary N) is 1. The van der Waals surface area contributed by atoms with E-state index in [-0.39, 0.29) is 12.0 Å². The van der Waals surface area contributed by atoms with Crippen LogP contribution in [0.15, 0.2) is 36.8 Å². The van der Waals surface area contributed by atoms with Crippen molar-refractivity contribution in [3.05, 3.63) is 42.5 Å². The van der Waals surface area contributed by atoms with Gasteiger partial charge in [-0.15, -0.1) is 0 Å². The molecular weight excluding hydrogens is 256 g/mol. The zero-order chi connectivity index (χ0) is 14.4. The lowest BCUT2D eigenvalue weighted by Crippen LogP contribution is -2.27. The molecule has 0 aliphatic carbocycles. The Morgan fingerprint density at radius 1 is 1.50 bits per heavy atom. The minimum Gasteiger partial charge on any atom is -0.393 e. The normalized spacial score (nSPS) is 12.1. The maximum atomic E-state index is 12.0. The van der Waals surface area contributed by atoms with Gasteiger partial charge in [0.2, 0.25) is 0 Å². The van der Waals surface area contributed by atoms with Gasteiger partial charge in [0.15, 0.2) is 0 Å². The zero-order valence-electron chi connectivity index (χ0n) is 11.4. The summed E-state index contributed by atoms with van der Waals surface area (Å²) < 4.78 is 1.67. The number of aromatic nitrogens is 3. The minimum atomic E-state index is -0.376. The first-order valence-electron chi connectivity index (χ1n) is 6.63. The molecule has 0 saturated carbocycles. The second-order valence-electron chi connectivity index (χ2n) is 4.46. The van der Waals surface area contributed by atoms with Crippen molar-refractivity contribution in [3.63, 3.8) is 0 Å². The van der Waals surface area contributed by atoms with Crippen LogP contribution < -0.4 is 5.32 Å². The molecule has 106 valence electrons. The summed E-state index contributed by atoms with van der Waals surface area (Å²) in [6, 6.07) is 5.27. The molecule has 2 rings (SSSR count). The van der Waals surface area contributed by atoms with Crippen molar-refractivity contribution in [1.29, 1.82) is 0 Å². The van der Waals surface area contributed by atoms with Crippen LogP contribution in [-0.4, -0.2) is 38.4 Å². The molecule has 2 aromatic heterocycles. The number of amides is 1. The molecule has 2 aromatic rings. The van der Waals surface area contributed by atoms with Gasteiger partial charge in [0.25, 0.3) is 5.91 Å². The number of aliphatic hydroxyl groups excluding tert-OH is 1. The number of hydrogen-bond acceptors (Lipinski definition) is 4. The van der Waals surface area contributed by atoms with Crippen molar-refractivity contribution in [1.82, 2.24) is 20.1 Å². The summed E-state index contributed by atoms with van der Waals surface area (Å²) in [6.45, 7) is 2.34. The maximum Gasteiger partial charge on any atom is 0.269 e. The molecular formula is C14H18N4O2. The van der Waals surface area contributed by atoms with Gasteiger partial charge < -0.3 is 10.4 Å². The van der Waals surface area contributed by atoms with E-state index in [1.807, 2.05) is 13.0 Å². The number of carbonyl (C=O) groups excluding carboxylic acids is 1. The van der Waals surface area contributed by atoms with Crippen molar-refractivity contribution in [2.45, 2.75) is 25.9 Å². The van der Waals surface area contributed by atoms with E-state index in [2.05, 4.69) is 15.4 Å². The molecule has 0 fully saturated rings. The third-order valence-corrected chi connectivity index (χ3v) is 2.98. The van der Waals surface area contributed by atoms with Crippen LogP contribution in [0, 0.1) is 0 Å². The molecule has 1 unspecified atom stereocenters. The molecule has 1 atom stereocenters. The van der Waals surface area contributed by atoms with Crippen LogP contribution in [0.4, 0.5) is 0 Å². The quantitative estimate of drug-likeness (QED) is 0.828. The van der Waals surface area contributed by atoms with Gasteiger partial charge in [0.1, 0.15) is 5.69 Å². The van der Waals surface area contributed by atoms with Crippen LogP contribution in [0.1, 0.15) is 30.3 Å². The van der Waals surface area contributed by atoms with Gasteiger partial charge in [-0.1, -0.05) is 6.92 Å². The summed E-state index contributed by atoms with van der Waals surface area (Å²) in [6.07, 6.45) is 5.90. The van der Waals surface area contributed by atoms with Gasteiger partial charge in [-0.3, -0.25) is 9.78 Å². The first-order chi connectivity index (χ1) is 9.70. The van der Waals surface area contributed by atoms with Crippen LogP contribution in [0.5, 0.6) is 0 Å². The Bertz CT molecular complexity index is 554. The van der Waals surface area contributed by atoms with E-state index in [1.54, 1.807) is 35.4 Å². The molecule has 0 radical (unpaired) electrons. The van der Waals surface area contributed by atoms with Crippen molar-refractivity contribution in [2.75, 3.05) is 6.54 Å². The van der Waals surface area contributed by atoms with E-state index in [1.165, 1.54) is 0 Å². The predicted octanol–water partition coefficient (Wildman–Crippen LogP) is 1.16. The summed E-state index contributed by atoms with van der Waals surface area (Å²) in [5.74, 6) is -0.248. The lowest BCUT2D eigenvalue weighted by Gasteiger charge is -2.09. The highest BCUT2D eigenvalue weighted by atomic mass is 16.3. The lowest BCUT2D eigenvalue weighted by molar-refractivity contribution is 0.0937. The summed E-state index contributed by atoms with van der Waals surface area (Å²) in [7, 11) is 0. The van der Waals surface area contributed by atoms with Crippen molar-refractivity contribution in [2.24, 2.45) is 0 Å². The fourth-order valence-electron chi connectivity index (χ4n) is 1.75. The molecule has 0 aliphatic rings. The third kappa shape index (κ3) is 3.64.